The Morgan fingerprint density at radius 3 is 3.00 bits per heavy atom. The number of rotatable bonds is 0. The van der Waals surface area contributed by atoms with Gasteiger partial charge in [-0.25, -0.2) is 0 Å². The Morgan fingerprint density at radius 2 is 2.25 bits per heavy atom. The van der Waals surface area contributed by atoms with Gasteiger partial charge in [-0.3, -0.25) is 0 Å². The van der Waals surface area contributed by atoms with Crippen LogP contribution in [0.3, 0.4) is 0 Å². The van der Waals surface area contributed by atoms with Crippen LogP contribution in [0.25, 0.3) is 0 Å². The Balaban J connectivity index is 2.60. The molecule has 3 N–H and O–H groups in total. The number of phenols is 1. The van der Waals surface area contributed by atoms with Gasteiger partial charge in [0, 0.05) is 11.6 Å². The van der Waals surface area contributed by atoms with E-state index in [-0.39, 0.29) is 6.04 Å². The number of benzene rings is 1. The molecule has 1 aromatic carbocycles. The zero-order chi connectivity index (χ0) is 8.72. The van der Waals surface area contributed by atoms with Crippen LogP contribution in [0.4, 0.5) is 0 Å². The van der Waals surface area contributed by atoms with E-state index in [1.54, 1.807) is 6.07 Å². The minimum atomic E-state index is 0.0422. The first-order valence-electron chi connectivity index (χ1n) is 4.26. The molecule has 2 heteroatoms. The summed E-state index contributed by atoms with van der Waals surface area (Å²) in [4.78, 5) is 0. The van der Waals surface area contributed by atoms with Crippen molar-refractivity contribution in [2.75, 3.05) is 0 Å². The minimum Gasteiger partial charge on any atom is -0.508 e. The second kappa shape index (κ2) is 2.49. The van der Waals surface area contributed by atoms with Gasteiger partial charge < -0.3 is 10.8 Å². The highest BCUT2D eigenvalue weighted by molar-refractivity contribution is 5.47. The van der Waals surface area contributed by atoms with E-state index in [2.05, 4.69) is 6.07 Å². The van der Waals surface area contributed by atoms with E-state index in [9.17, 15) is 5.11 Å². The predicted octanol–water partition coefficient (Wildman–Crippen LogP) is 1.65. The smallest absolute Gasteiger partial charge is 0.120 e. The van der Waals surface area contributed by atoms with Gasteiger partial charge in [-0.1, -0.05) is 6.07 Å². The molecule has 1 atom stereocenters. The summed E-state index contributed by atoms with van der Waals surface area (Å²) >= 11 is 0. The van der Waals surface area contributed by atoms with Crippen molar-refractivity contribution >= 4 is 0 Å². The first-order valence-corrected chi connectivity index (χ1v) is 4.26. The van der Waals surface area contributed by atoms with Gasteiger partial charge in [-0.15, -0.1) is 0 Å². The lowest BCUT2D eigenvalue weighted by Gasteiger charge is -2.07. The van der Waals surface area contributed by atoms with E-state index in [1.807, 2.05) is 6.92 Å². The van der Waals surface area contributed by atoms with Gasteiger partial charge in [0.2, 0.25) is 0 Å². The summed E-state index contributed by atoms with van der Waals surface area (Å²) in [7, 11) is 0. The summed E-state index contributed by atoms with van der Waals surface area (Å²) in [6.45, 7) is 1.99. The van der Waals surface area contributed by atoms with Crippen LogP contribution in [-0.2, 0) is 6.42 Å². The Labute approximate surface area is 72.0 Å². The SMILES string of the molecule is Cc1cc(O)c2c(c1)CC[C@@H]2N. The van der Waals surface area contributed by atoms with Crippen molar-refractivity contribution in [3.05, 3.63) is 28.8 Å². The normalized spacial score (nSPS) is 21.0. The predicted molar refractivity (Wildman–Crippen MR) is 48.1 cm³/mol. The number of aromatic hydroxyl groups is 1. The van der Waals surface area contributed by atoms with Gasteiger partial charge >= 0.3 is 0 Å². The van der Waals surface area contributed by atoms with E-state index >= 15 is 0 Å². The van der Waals surface area contributed by atoms with Crippen LogP contribution in [0, 0.1) is 6.92 Å². The maximum absolute atomic E-state index is 9.60. The van der Waals surface area contributed by atoms with Gasteiger partial charge in [0.25, 0.3) is 0 Å². The van der Waals surface area contributed by atoms with Crippen molar-refractivity contribution in [1.29, 1.82) is 0 Å². The zero-order valence-electron chi connectivity index (χ0n) is 7.17. The molecule has 0 unspecified atom stereocenters. The lowest BCUT2D eigenvalue weighted by atomic mass is 10.0. The standard InChI is InChI=1S/C10H13NO/c1-6-4-7-2-3-8(11)10(7)9(12)5-6/h4-5,8,12H,2-3,11H2,1H3/t8-/m0/s1. The average Bonchev–Trinajstić information content (AvgIpc) is 2.31. The average molecular weight is 163 g/mol. The molecular formula is C10H13NO. The molecule has 2 rings (SSSR count). The van der Waals surface area contributed by atoms with Crippen LogP contribution >= 0.6 is 0 Å². The quantitative estimate of drug-likeness (QED) is 0.610. The van der Waals surface area contributed by atoms with Crippen LogP contribution < -0.4 is 5.73 Å². The highest BCUT2D eigenvalue weighted by Crippen LogP contribution is 2.36. The lowest BCUT2D eigenvalue weighted by molar-refractivity contribution is 0.463. The summed E-state index contributed by atoms with van der Waals surface area (Å²) in [5.74, 6) is 0.370. The van der Waals surface area contributed by atoms with Crippen molar-refractivity contribution in [3.8, 4) is 5.75 Å². The fraction of sp³-hybridized carbons (Fsp3) is 0.400. The molecular weight excluding hydrogens is 150 g/mol. The fourth-order valence-corrected chi connectivity index (χ4v) is 1.94. The molecule has 1 aromatic rings. The third-order valence-corrected chi connectivity index (χ3v) is 2.48. The second-order valence-corrected chi connectivity index (χ2v) is 3.50. The number of aryl methyl sites for hydroxylation is 2. The van der Waals surface area contributed by atoms with Crippen LogP contribution in [0.1, 0.15) is 29.2 Å². The van der Waals surface area contributed by atoms with Gasteiger partial charge in [0.1, 0.15) is 5.75 Å². The Bertz CT molecular complexity index is 320. The third kappa shape index (κ3) is 0.994. The number of phenolic OH excluding ortho intramolecular Hbond substituents is 1. The van der Waals surface area contributed by atoms with Gasteiger partial charge in [0.05, 0.1) is 0 Å². The first-order chi connectivity index (χ1) is 5.68. The van der Waals surface area contributed by atoms with E-state index in [4.69, 9.17) is 5.73 Å². The van der Waals surface area contributed by atoms with Crippen molar-refractivity contribution in [1.82, 2.24) is 0 Å². The van der Waals surface area contributed by atoms with E-state index < -0.39 is 0 Å². The molecule has 0 amide bonds. The molecule has 64 valence electrons. The molecule has 0 saturated carbocycles. The van der Waals surface area contributed by atoms with E-state index in [0.29, 0.717) is 5.75 Å². The maximum Gasteiger partial charge on any atom is 0.120 e. The maximum atomic E-state index is 9.60. The van der Waals surface area contributed by atoms with E-state index in [1.165, 1.54) is 5.56 Å². The minimum absolute atomic E-state index is 0.0422. The monoisotopic (exact) mass is 163 g/mol. The highest BCUT2D eigenvalue weighted by atomic mass is 16.3. The van der Waals surface area contributed by atoms with Gasteiger partial charge in [-0.2, -0.15) is 0 Å². The van der Waals surface area contributed by atoms with Gasteiger partial charge in [-0.05, 0) is 37.0 Å². The Kier molecular flexibility index (Phi) is 1.58. The third-order valence-electron chi connectivity index (χ3n) is 2.48. The second-order valence-electron chi connectivity index (χ2n) is 3.50. The Hall–Kier alpha value is -1.02. The first kappa shape index (κ1) is 7.62. The summed E-state index contributed by atoms with van der Waals surface area (Å²) < 4.78 is 0. The molecule has 0 aromatic heterocycles. The van der Waals surface area contributed by atoms with Crippen LogP contribution in [0.2, 0.25) is 0 Å². The van der Waals surface area contributed by atoms with Crippen molar-refractivity contribution in [2.45, 2.75) is 25.8 Å². The van der Waals surface area contributed by atoms with E-state index in [0.717, 1.165) is 24.0 Å². The summed E-state index contributed by atoms with van der Waals surface area (Å²) in [6, 6.07) is 3.94. The Morgan fingerprint density at radius 1 is 1.50 bits per heavy atom. The molecule has 1 aliphatic rings. The van der Waals surface area contributed by atoms with Crippen molar-refractivity contribution in [2.24, 2.45) is 5.73 Å². The van der Waals surface area contributed by atoms with Gasteiger partial charge in [0.15, 0.2) is 0 Å². The summed E-state index contributed by atoms with van der Waals surface area (Å²) in [5.41, 5.74) is 9.13. The summed E-state index contributed by atoms with van der Waals surface area (Å²) in [6.07, 6.45) is 1.97. The molecule has 0 bridgehead atoms. The number of nitrogens with two attached hydrogens (primary N) is 1. The number of fused-ring (bicyclic) bond motifs is 1. The molecule has 0 fully saturated rings. The molecule has 0 heterocycles. The molecule has 0 spiro atoms. The van der Waals surface area contributed by atoms with Crippen molar-refractivity contribution in [3.63, 3.8) is 0 Å². The van der Waals surface area contributed by atoms with Crippen LogP contribution in [-0.4, -0.2) is 5.11 Å². The number of hydrogen-bond acceptors (Lipinski definition) is 2. The molecule has 0 aliphatic heterocycles. The van der Waals surface area contributed by atoms with Crippen LogP contribution in [0.15, 0.2) is 12.1 Å². The topological polar surface area (TPSA) is 46.2 Å². The molecule has 12 heavy (non-hydrogen) atoms. The number of hydrogen-bond donors (Lipinski definition) is 2. The molecule has 0 saturated heterocycles. The molecule has 1 aliphatic carbocycles. The molecule has 2 nitrogen and oxygen atoms in total. The summed E-state index contributed by atoms with van der Waals surface area (Å²) in [5, 5.41) is 9.60. The van der Waals surface area contributed by atoms with Crippen molar-refractivity contribution < 1.29 is 5.11 Å². The van der Waals surface area contributed by atoms with Crippen LogP contribution in [0.5, 0.6) is 5.75 Å². The largest absolute Gasteiger partial charge is 0.508 e. The molecule has 0 radical (unpaired) electrons. The highest BCUT2D eigenvalue weighted by Gasteiger charge is 2.22. The fourth-order valence-electron chi connectivity index (χ4n) is 1.94. The zero-order valence-corrected chi connectivity index (χ0v) is 7.17. The lowest BCUT2D eigenvalue weighted by Crippen LogP contribution is -2.05.